The first-order valence-electron chi connectivity index (χ1n) is 8.16. The fraction of sp³-hybridized carbons (Fsp3) is 0.444. The van der Waals surface area contributed by atoms with Crippen LogP contribution < -0.4 is 10.6 Å². The van der Waals surface area contributed by atoms with Gasteiger partial charge in [0.1, 0.15) is 0 Å². The average Bonchev–Trinajstić information content (AvgIpc) is 2.60. The molecule has 1 saturated heterocycles. The maximum Gasteiger partial charge on any atom is 0.337 e. The van der Waals surface area contributed by atoms with Crippen molar-refractivity contribution in [1.82, 2.24) is 4.68 Å². The van der Waals surface area contributed by atoms with E-state index in [4.69, 9.17) is 4.74 Å². The number of benzene rings is 1. The largest absolute Gasteiger partial charge is 0.465 e. The zero-order valence-electron chi connectivity index (χ0n) is 13.6. The number of hydrogen-bond acceptors (Lipinski definition) is 4. The van der Waals surface area contributed by atoms with Gasteiger partial charge in [-0.15, -0.1) is 0 Å². The highest BCUT2D eigenvalue weighted by Crippen LogP contribution is 2.21. The van der Waals surface area contributed by atoms with Crippen LogP contribution in [0.1, 0.15) is 43.0 Å². The molecule has 1 fully saturated rings. The molecule has 1 aromatic heterocycles. The molecule has 122 valence electrons. The molecule has 1 unspecified atom stereocenters. The van der Waals surface area contributed by atoms with Crippen molar-refractivity contribution in [3.05, 3.63) is 46.2 Å². The summed E-state index contributed by atoms with van der Waals surface area (Å²) in [6.07, 6.45) is 4.43. The van der Waals surface area contributed by atoms with Crippen LogP contribution in [0.5, 0.6) is 0 Å². The molecule has 0 saturated carbocycles. The van der Waals surface area contributed by atoms with Crippen molar-refractivity contribution in [3.8, 4) is 0 Å². The van der Waals surface area contributed by atoms with Crippen LogP contribution in [0.25, 0.3) is 10.9 Å². The van der Waals surface area contributed by atoms with E-state index in [1.807, 2.05) is 6.07 Å². The second-order valence-electron chi connectivity index (χ2n) is 5.97. The average molecular weight is 314 g/mol. The molecule has 1 aromatic carbocycles. The van der Waals surface area contributed by atoms with E-state index in [0.717, 1.165) is 36.7 Å². The molecule has 1 aliphatic heterocycles. The minimum atomic E-state index is -0.367. The molecule has 0 radical (unpaired) electrons. The summed E-state index contributed by atoms with van der Waals surface area (Å²) in [6.45, 7) is 3.05. The number of carbonyl (C=O) groups is 1. The van der Waals surface area contributed by atoms with Gasteiger partial charge in [0.25, 0.3) is 5.56 Å². The number of methoxy groups -OCH3 is 1. The molecule has 0 bridgehead atoms. The lowest BCUT2D eigenvalue weighted by molar-refractivity contribution is 0.0601. The minimum absolute atomic E-state index is 0.0244. The molecule has 5 nitrogen and oxygen atoms in total. The van der Waals surface area contributed by atoms with E-state index in [2.05, 4.69) is 11.9 Å². The zero-order valence-corrected chi connectivity index (χ0v) is 13.6. The lowest BCUT2D eigenvalue weighted by atomic mass is 10.0. The number of piperidine rings is 1. The molecule has 1 aliphatic rings. The van der Waals surface area contributed by atoms with Crippen molar-refractivity contribution in [2.24, 2.45) is 0 Å². The first kappa shape index (κ1) is 15.6. The first-order valence-corrected chi connectivity index (χ1v) is 8.16. The molecule has 3 rings (SSSR count). The normalized spacial score (nSPS) is 18.2. The number of aromatic nitrogens is 1. The maximum absolute atomic E-state index is 12.5. The Kier molecular flexibility index (Phi) is 4.37. The van der Waals surface area contributed by atoms with E-state index >= 15 is 0 Å². The highest BCUT2D eigenvalue weighted by molar-refractivity contribution is 5.94. The lowest BCUT2D eigenvalue weighted by Gasteiger charge is -2.38. The highest BCUT2D eigenvalue weighted by atomic mass is 16.5. The topological polar surface area (TPSA) is 51.5 Å². The van der Waals surface area contributed by atoms with Gasteiger partial charge in [-0.1, -0.05) is 6.92 Å². The summed E-state index contributed by atoms with van der Waals surface area (Å²) in [4.78, 5) is 24.2. The molecule has 5 heteroatoms. The second-order valence-corrected chi connectivity index (χ2v) is 5.97. The van der Waals surface area contributed by atoms with Gasteiger partial charge in [0.2, 0.25) is 0 Å². The summed E-state index contributed by atoms with van der Waals surface area (Å²) in [5.41, 5.74) is 1.31. The van der Waals surface area contributed by atoms with Crippen molar-refractivity contribution in [2.45, 2.75) is 38.6 Å². The van der Waals surface area contributed by atoms with Gasteiger partial charge in [-0.05, 0) is 49.9 Å². The summed E-state index contributed by atoms with van der Waals surface area (Å²) in [7, 11) is 1.37. The molecule has 0 aliphatic carbocycles. The smallest absolute Gasteiger partial charge is 0.337 e. The predicted octanol–water partition coefficient (Wildman–Crippen LogP) is 2.69. The Hall–Kier alpha value is -2.30. The summed E-state index contributed by atoms with van der Waals surface area (Å²) < 4.78 is 6.55. The standard InChI is InChI=1S/C18H22N2O3/c1-3-15-6-4-5-11-19(15)20-16-9-7-14(18(22)23-2)12-13(16)8-10-17(20)21/h7-10,12,15H,3-6,11H2,1-2H3. The van der Waals surface area contributed by atoms with E-state index in [-0.39, 0.29) is 11.5 Å². The molecule has 23 heavy (non-hydrogen) atoms. The van der Waals surface area contributed by atoms with Crippen LogP contribution >= 0.6 is 0 Å². The Labute approximate surface area is 135 Å². The number of esters is 1. The van der Waals surface area contributed by atoms with Gasteiger partial charge in [-0.3, -0.25) is 4.79 Å². The minimum Gasteiger partial charge on any atom is -0.465 e. The Morgan fingerprint density at radius 1 is 1.26 bits per heavy atom. The summed E-state index contributed by atoms with van der Waals surface area (Å²) >= 11 is 0. The van der Waals surface area contributed by atoms with Crippen molar-refractivity contribution in [2.75, 3.05) is 18.7 Å². The van der Waals surface area contributed by atoms with Gasteiger partial charge in [0.05, 0.1) is 18.2 Å². The highest BCUT2D eigenvalue weighted by Gasteiger charge is 2.23. The molecular weight excluding hydrogens is 292 g/mol. The van der Waals surface area contributed by atoms with E-state index < -0.39 is 0 Å². The van der Waals surface area contributed by atoms with Crippen LogP contribution in [-0.4, -0.2) is 30.3 Å². The molecule has 0 spiro atoms. The Morgan fingerprint density at radius 2 is 2.09 bits per heavy atom. The quantitative estimate of drug-likeness (QED) is 0.817. The first-order chi connectivity index (χ1) is 11.2. The molecular formula is C18H22N2O3. The summed E-state index contributed by atoms with van der Waals surface area (Å²) in [6, 6.07) is 9.06. The summed E-state index contributed by atoms with van der Waals surface area (Å²) in [5.74, 6) is -0.367. The Balaban J connectivity index is 2.14. The number of nitrogens with zero attached hydrogens (tertiary/aromatic N) is 2. The summed E-state index contributed by atoms with van der Waals surface area (Å²) in [5, 5.41) is 3.05. The number of carbonyl (C=O) groups excluding carboxylic acids is 1. The number of fused-ring (bicyclic) bond motifs is 1. The van der Waals surface area contributed by atoms with Crippen molar-refractivity contribution >= 4 is 16.9 Å². The van der Waals surface area contributed by atoms with Crippen LogP contribution in [0.15, 0.2) is 35.1 Å². The van der Waals surface area contributed by atoms with Gasteiger partial charge >= 0.3 is 5.97 Å². The van der Waals surface area contributed by atoms with Crippen molar-refractivity contribution in [1.29, 1.82) is 0 Å². The third-order valence-electron chi connectivity index (χ3n) is 4.62. The van der Waals surface area contributed by atoms with E-state index in [1.165, 1.54) is 13.5 Å². The number of hydrogen-bond donors (Lipinski definition) is 0. The third-order valence-corrected chi connectivity index (χ3v) is 4.62. The fourth-order valence-electron chi connectivity index (χ4n) is 3.40. The molecule has 1 atom stereocenters. The van der Waals surface area contributed by atoms with E-state index in [9.17, 15) is 9.59 Å². The maximum atomic E-state index is 12.5. The fourth-order valence-corrected chi connectivity index (χ4v) is 3.40. The van der Waals surface area contributed by atoms with Crippen LogP contribution in [0, 0.1) is 0 Å². The molecule has 0 N–H and O–H groups in total. The van der Waals surface area contributed by atoms with Gasteiger partial charge in [-0.25, -0.2) is 9.47 Å². The van der Waals surface area contributed by atoms with E-state index in [1.54, 1.807) is 28.9 Å². The van der Waals surface area contributed by atoms with Crippen LogP contribution in [0.2, 0.25) is 0 Å². The van der Waals surface area contributed by atoms with Gasteiger partial charge < -0.3 is 9.75 Å². The van der Waals surface area contributed by atoms with Gasteiger partial charge in [0, 0.05) is 24.0 Å². The molecule has 0 amide bonds. The lowest BCUT2D eigenvalue weighted by Crippen LogP contribution is -2.51. The van der Waals surface area contributed by atoms with Crippen LogP contribution in [0.4, 0.5) is 0 Å². The predicted molar refractivity (Wildman–Crippen MR) is 90.6 cm³/mol. The molecule has 2 heterocycles. The van der Waals surface area contributed by atoms with E-state index in [0.29, 0.717) is 11.6 Å². The number of rotatable bonds is 3. The van der Waals surface area contributed by atoms with Crippen molar-refractivity contribution < 1.29 is 9.53 Å². The molecule has 2 aromatic rings. The van der Waals surface area contributed by atoms with Crippen LogP contribution in [-0.2, 0) is 4.74 Å². The van der Waals surface area contributed by atoms with Gasteiger partial charge in [0.15, 0.2) is 0 Å². The van der Waals surface area contributed by atoms with Gasteiger partial charge in [-0.2, -0.15) is 0 Å². The number of pyridine rings is 1. The van der Waals surface area contributed by atoms with Crippen LogP contribution in [0.3, 0.4) is 0 Å². The Bertz CT molecular complexity index is 781. The number of ether oxygens (including phenoxy) is 1. The monoisotopic (exact) mass is 314 g/mol. The second kappa shape index (κ2) is 6.44. The SMILES string of the molecule is CCC1CCCCN1n1c(=O)ccc2cc(C(=O)OC)ccc21. The zero-order chi connectivity index (χ0) is 16.4. The Morgan fingerprint density at radius 3 is 2.83 bits per heavy atom. The third kappa shape index (κ3) is 2.83. The van der Waals surface area contributed by atoms with Crippen molar-refractivity contribution in [3.63, 3.8) is 0 Å².